The SMILES string of the molecule is CCC1C2C3CC[C@@H]4C(CC[C@@]5(C)C4CC[C@@H]5[C@@](C)(O)Cn4cc(C)cn4)[C@@]3(C)C[C@]12O. The van der Waals surface area contributed by atoms with Crippen LogP contribution in [-0.2, 0) is 6.54 Å². The standard InChI is InChI=1S/C28H44N2O2/c1-6-19-24-22-8-7-18-20-9-10-23(27(5,31)16-30-14-17(2)13-29-30)25(20,3)12-11-21(18)26(22,4)15-28(19,24)32/h13-14,18-24,31-32H,6-12,15-16H2,1-5H3/t18-,19?,20?,21?,22?,23-,24?,25-,26+,27-,28-/m0/s1. The number of aromatic nitrogens is 2. The maximum atomic E-state index is 11.7. The molecule has 5 aliphatic rings. The molecular formula is C28H44N2O2. The molecule has 0 bridgehead atoms. The summed E-state index contributed by atoms with van der Waals surface area (Å²) in [5.41, 5.74) is 0.647. The third kappa shape index (κ3) is 2.66. The van der Waals surface area contributed by atoms with Crippen molar-refractivity contribution < 1.29 is 10.2 Å². The average Bonchev–Trinajstić information content (AvgIpc) is 3.04. The van der Waals surface area contributed by atoms with Crippen molar-refractivity contribution in [2.24, 2.45) is 52.3 Å². The van der Waals surface area contributed by atoms with Crippen molar-refractivity contribution >= 4 is 0 Å². The van der Waals surface area contributed by atoms with Crippen LogP contribution in [0.4, 0.5) is 0 Å². The molecule has 5 saturated carbocycles. The lowest BCUT2D eigenvalue weighted by atomic mass is 9.46. The zero-order chi connectivity index (χ0) is 22.7. The summed E-state index contributed by atoms with van der Waals surface area (Å²) in [6.07, 6.45) is 13.8. The Labute approximate surface area is 194 Å². The van der Waals surface area contributed by atoms with E-state index in [-0.39, 0.29) is 11.0 Å². The Hall–Kier alpha value is -0.870. The molecule has 5 aliphatic carbocycles. The van der Waals surface area contributed by atoms with Gasteiger partial charge < -0.3 is 10.2 Å². The second-order valence-corrected chi connectivity index (χ2v) is 13.5. The molecule has 5 fully saturated rings. The van der Waals surface area contributed by atoms with Crippen molar-refractivity contribution in [3.05, 3.63) is 18.0 Å². The Balaban J connectivity index is 1.24. The van der Waals surface area contributed by atoms with Gasteiger partial charge in [-0.05, 0) is 117 Å². The Bertz CT molecular complexity index is 909. The van der Waals surface area contributed by atoms with Crippen LogP contribution in [0.5, 0.6) is 0 Å². The quantitative estimate of drug-likeness (QED) is 0.676. The maximum Gasteiger partial charge on any atom is 0.0848 e. The van der Waals surface area contributed by atoms with Crippen molar-refractivity contribution in [3.8, 4) is 0 Å². The first-order valence-corrected chi connectivity index (χ1v) is 13.5. The highest BCUT2D eigenvalue weighted by molar-refractivity contribution is 5.26. The second kappa shape index (κ2) is 6.62. The first-order chi connectivity index (χ1) is 15.0. The van der Waals surface area contributed by atoms with E-state index in [4.69, 9.17) is 0 Å². The number of nitrogens with zero attached hydrogens (tertiary/aromatic N) is 2. The zero-order valence-electron chi connectivity index (χ0n) is 20.8. The number of rotatable bonds is 4. The molecule has 1 heterocycles. The van der Waals surface area contributed by atoms with Gasteiger partial charge >= 0.3 is 0 Å². The summed E-state index contributed by atoms with van der Waals surface area (Å²) >= 11 is 0. The van der Waals surface area contributed by atoms with Gasteiger partial charge in [0, 0.05) is 6.20 Å². The molecule has 178 valence electrons. The van der Waals surface area contributed by atoms with Crippen LogP contribution in [0.3, 0.4) is 0 Å². The van der Waals surface area contributed by atoms with Crippen molar-refractivity contribution in [2.45, 2.75) is 104 Å². The molecule has 1 aromatic rings. The Morgan fingerprint density at radius 1 is 1.09 bits per heavy atom. The second-order valence-electron chi connectivity index (χ2n) is 13.5. The first kappa shape index (κ1) is 21.6. The molecule has 0 aliphatic heterocycles. The van der Waals surface area contributed by atoms with Crippen molar-refractivity contribution in [1.82, 2.24) is 9.78 Å². The number of hydrogen-bond acceptors (Lipinski definition) is 3. The molecular weight excluding hydrogens is 396 g/mol. The highest BCUT2D eigenvalue weighted by Gasteiger charge is 2.77. The van der Waals surface area contributed by atoms with Gasteiger partial charge in [0.25, 0.3) is 0 Å². The van der Waals surface area contributed by atoms with Crippen LogP contribution >= 0.6 is 0 Å². The van der Waals surface area contributed by atoms with Gasteiger partial charge in [-0.25, -0.2) is 0 Å². The van der Waals surface area contributed by atoms with Crippen LogP contribution < -0.4 is 0 Å². The smallest absolute Gasteiger partial charge is 0.0848 e. The van der Waals surface area contributed by atoms with E-state index in [2.05, 4.69) is 45.9 Å². The highest BCUT2D eigenvalue weighted by atomic mass is 16.3. The lowest BCUT2D eigenvalue weighted by Crippen LogP contribution is -2.54. The van der Waals surface area contributed by atoms with E-state index in [1.54, 1.807) is 0 Å². The summed E-state index contributed by atoms with van der Waals surface area (Å²) in [5.74, 6) is 4.51. The average molecular weight is 441 g/mol. The lowest BCUT2D eigenvalue weighted by molar-refractivity contribution is -0.130. The molecule has 2 N–H and O–H groups in total. The summed E-state index contributed by atoms with van der Waals surface area (Å²) in [5, 5.41) is 27.6. The molecule has 0 saturated heterocycles. The van der Waals surface area contributed by atoms with Crippen LogP contribution in [0, 0.1) is 59.2 Å². The number of fused-ring (bicyclic) bond motifs is 7. The van der Waals surface area contributed by atoms with Gasteiger partial charge in [0.2, 0.25) is 0 Å². The molecule has 11 atom stereocenters. The summed E-state index contributed by atoms with van der Waals surface area (Å²) in [6, 6.07) is 0. The van der Waals surface area contributed by atoms with Gasteiger partial charge in [-0.3, -0.25) is 4.68 Å². The van der Waals surface area contributed by atoms with Crippen molar-refractivity contribution in [3.63, 3.8) is 0 Å². The predicted molar refractivity (Wildman–Crippen MR) is 126 cm³/mol. The van der Waals surface area contributed by atoms with E-state index in [1.165, 1.54) is 32.1 Å². The predicted octanol–water partition coefficient (Wildman–Crippen LogP) is 5.21. The monoisotopic (exact) mass is 440 g/mol. The van der Waals surface area contributed by atoms with Crippen LogP contribution in [-0.4, -0.2) is 31.2 Å². The van der Waals surface area contributed by atoms with Gasteiger partial charge in [-0.15, -0.1) is 0 Å². The molecule has 0 aromatic carbocycles. The van der Waals surface area contributed by atoms with Gasteiger partial charge in [-0.2, -0.15) is 5.10 Å². The van der Waals surface area contributed by atoms with Gasteiger partial charge in [0.1, 0.15) is 0 Å². The fourth-order valence-corrected chi connectivity index (χ4v) is 11.0. The van der Waals surface area contributed by atoms with Crippen molar-refractivity contribution in [2.75, 3.05) is 0 Å². The third-order valence-electron chi connectivity index (χ3n) is 12.0. The normalized spacial score (nSPS) is 53.2. The number of aliphatic hydroxyl groups is 2. The van der Waals surface area contributed by atoms with Crippen LogP contribution in [0.2, 0.25) is 0 Å². The summed E-state index contributed by atoms with van der Waals surface area (Å²) in [6.45, 7) is 12.1. The van der Waals surface area contributed by atoms with Gasteiger partial charge in [0.15, 0.2) is 0 Å². The van der Waals surface area contributed by atoms with E-state index >= 15 is 0 Å². The molecule has 6 rings (SSSR count). The summed E-state index contributed by atoms with van der Waals surface area (Å²) in [7, 11) is 0. The fourth-order valence-electron chi connectivity index (χ4n) is 11.0. The van der Waals surface area contributed by atoms with E-state index in [0.717, 1.165) is 48.5 Å². The van der Waals surface area contributed by atoms with Gasteiger partial charge in [-0.1, -0.05) is 27.2 Å². The van der Waals surface area contributed by atoms with E-state index in [0.29, 0.717) is 29.7 Å². The maximum absolute atomic E-state index is 11.7. The highest BCUT2D eigenvalue weighted by Crippen LogP contribution is 2.78. The molecule has 0 amide bonds. The number of aryl methyl sites for hydroxylation is 1. The zero-order valence-corrected chi connectivity index (χ0v) is 20.8. The largest absolute Gasteiger partial charge is 0.389 e. The lowest BCUT2D eigenvalue weighted by Gasteiger charge is -2.59. The van der Waals surface area contributed by atoms with Crippen LogP contribution in [0.1, 0.15) is 84.6 Å². The summed E-state index contributed by atoms with van der Waals surface area (Å²) in [4.78, 5) is 0. The van der Waals surface area contributed by atoms with E-state index in [9.17, 15) is 10.2 Å². The number of hydrogen-bond donors (Lipinski definition) is 2. The minimum atomic E-state index is -0.728. The van der Waals surface area contributed by atoms with E-state index in [1.807, 2.05) is 10.9 Å². The fraction of sp³-hybridized carbons (Fsp3) is 0.893. The molecule has 32 heavy (non-hydrogen) atoms. The molecule has 4 nitrogen and oxygen atoms in total. The van der Waals surface area contributed by atoms with Gasteiger partial charge in [0.05, 0.1) is 23.9 Å². The Morgan fingerprint density at radius 2 is 1.81 bits per heavy atom. The first-order valence-electron chi connectivity index (χ1n) is 13.5. The topological polar surface area (TPSA) is 58.3 Å². The molecule has 0 radical (unpaired) electrons. The molecule has 1 aromatic heterocycles. The van der Waals surface area contributed by atoms with Crippen LogP contribution in [0.25, 0.3) is 0 Å². The molecule has 4 heteroatoms. The molecule has 5 unspecified atom stereocenters. The minimum Gasteiger partial charge on any atom is -0.389 e. The van der Waals surface area contributed by atoms with E-state index < -0.39 is 5.60 Å². The van der Waals surface area contributed by atoms with Crippen molar-refractivity contribution in [1.29, 1.82) is 0 Å². The minimum absolute atomic E-state index is 0.223. The Kier molecular flexibility index (Phi) is 4.48. The third-order valence-corrected chi connectivity index (χ3v) is 12.0. The van der Waals surface area contributed by atoms with Crippen LogP contribution in [0.15, 0.2) is 12.4 Å². The Morgan fingerprint density at radius 3 is 2.50 bits per heavy atom. The summed E-state index contributed by atoms with van der Waals surface area (Å²) < 4.78 is 1.94. The molecule has 0 spiro atoms.